The van der Waals surface area contributed by atoms with Crippen LogP contribution in [0.1, 0.15) is 12.8 Å². The average molecular weight is 270 g/mol. The smallest absolute Gasteiger partial charge is 0.158 e. The molecule has 1 aromatic carbocycles. The Morgan fingerprint density at radius 1 is 1.39 bits per heavy atom. The van der Waals surface area contributed by atoms with E-state index in [0.29, 0.717) is 12.2 Å². The molecule has 5 heteroatoms. The molecule has 1 aliphatic rings. The molecule has 1 atom stereocenters. The zero-order valence-electron chi connectivity index (χ0n) is 10.5. The largest absolute Gasteiger partial charge is 0.497 e. The van der Waals surface area contributed by atoms with Crippen LogP contribution in [0.5, 0.6) is 5.75 Å². The van der Waals surface area contributed by atoms with E-state index >= 15 is 0 Å². The van der Waals surface area contributed by atoms with Crippen LogP contribution in [0.2, 0.25) is 0 Å². The van der Waals surface area contributed by atoms with Crippen LogP contribution < -0.4 is 4.74 Å². The fraction of sp³-hybridized carbons (Fsp3) is 0.538. The summed E-state index contributed by atoms with van der Waals surface area (Å²) in [6.07, 6.45) is 1.40. The molecular weight excluding hydrogens is 252 g/mol. The zero-order chi connectivity index (χ0) is 12.8. The Bertz CT molecular complexity index is 402. The van der Waals surface area contributed by atoms with Gasteiger partial charge in [0.15, 0.2) is 6.29 Å². The summed E-state index contributed by atoms with van der Waals surface area (Å²) < 4.78 is 28.1. The van der Waals surface area contributed by atoms with Crippen molar-refractivity contribution in [3.63, 3.8) is 0 Å². The van der Waals surface area contributed by atoms with Crippen molar-refractivity contribution in [1.29, 1.82) is 0 Å². The molecule has 0 radical (unpaired) electrons. The summed E-state index contributed by atoms with van der Waals surface area (Å²) >= 11 is 0. The van der Waals surface area contributed by atoms with Gasteiger partial charge < -0.3 is 14.2 Å². The topological polar surface area (TPSA) is 44.8 Å². The Balaban J connectivity index is 1.86. The van der Waals surface area contributed by atoms with Gasteiger partial charge in [-0.3, -0.25) is 4.21 Å². The van der Waals surface area contributed by atoms with Gasteiger partial charge in [0.2, 0.25) is 0 Å². The van der Waals surface area contributed by atoms with Crippen molar-refractivity contribution in [1.82, 2.24) is 0 Å². The lowest BCUT2D eigenvalue weighted by Crippen LogP contribution is -2.26. The first-order valence-electron chi connectivity index (χ1n) is 6.05. The van der Waals surface area contributed by atoms with E-state index in [1.165, 1.54) is 0 Å². The third kappa shape index (κ3) is 3.80. The molecule has 0 spiro atoms. The van der Waals surface area contributed by atoms with Gasteiger partial charge >= 0.3 is 0 Å². The highest BCUT2D eigenvalue weighted by molar-refractivity contribution is 7.85. The maximum atomic E-state index is 12.1. The number of hydrogen-bond acceptors (Lipinski definition) is 4. The Labute approximate surface area is 110 Å². The third-order valence-electron chi connectivity index (χ3n) is 2.74. The molecular formula is C13H18O4S. The molecule has 1 aromatic rings. The summed E-state index contributed by atoms with van der Waals surface area (Å²) in [5.74, 6) is 1.27. The van der Waals surface area contributed by atoms with Gasteiger partial charge in [-0.1, -0.05) is 6.07 Å². The Kier molecular flexibility index (Phi) is 5.16. The van der Waals surface area contributed by atoms with Crippen LogP contribution >= 0.6 is 0 Å². The van der Waals surface area contributed by atoms with Crippen molar-refractivity contribution in [3.05, 3.63) is 24.3 Å². The van der Waals surface area contributed by atoms with Crippen molar-refractivity contribution in [3.8, 4) is 5.75 Å². The van der Waals surface area contributed by atoms with E-state index in [-0.39, 0.29) is 6.29 Å². The lowest BCUT2D eigenvalue weighted by atomic mass is 10.3. The zero-order valence-corrected chi connectivity index (χ0v) is 11.3. The van der Waals surface area contributed by atoms with Crippen LogP contribution in [-0.4, -0.2) is 36.6 Å². The van der Waals surface area contributed by atoms with E-state index in [4.69, 9.17) is 14.2 Å². The van der Waals surface area contributed by atoms with E-state index in [2.05, 4.69) is 0 Å². The number of methoxy groups -OCH3 is 1. The second-order valence-corrected chi connectivity index (χ2v) is 5.61. The second-order valence-electron chi connectivity index (χ2n) is 4.04. The molecule has 0 amide bonds. The number of benzene rings is 1. The molecule has 1 fully saturated rings. The maximum Gasteiger partial charge on any atom is 0.158 e. The first-order chi connectivity index (χ1) is 8.79. The molecule has 0 bridgehead atoms. The minimum Gasteiger partial charge on any atom is -0.497 e. The monoisotopic (exact) mass is 270 g/mol. The molecule has 0 aliphatic carbocycles. The first-order valence-corrected chi connectivity index (χ1v) is 7.37. The second kappa shape index (κ2) is 6.87. The fourth-order valence-corrected chi connectivity index (χ4v) is 2.89. The van der Waals surface area contributed by atoms with E-state index in [1.54, 1.807) is 13.2 Å². The predicted molar refractivity (Wildman–Crippen MR) is 69.2 cm³/mol. The van der Waals surface area contributed by atoms with Crippen molar-refractivity contribution in [2.45, 2.75) is 24.0 Å². The van der Waals surface area contributed by atoms with Gasteiger partial charge in [0.25, 0.3) is 0 Å². The third-order valence-corrected chi connectivity index (χ3v) is 4.13. The van der Waals surface area contributed by atoms with Crippen LogP contribution in [0, 0.1) is 0 Å². The highest BCUT2D eigenvalue weighted by Gasteiger charge is 2.16. The van der Waals surface area contributed by atoms with E-state index < -0.39 is 10.8 Å². The normalized spacial score (nSPS) is 18.5. The van der Waals surface area contributed by atoms with Gasteiger partial charge in [-0.15, -0.1) is 0 Å². The molecule has 18 heavy (non-hydrogen) atoms. The SMILES string of the molecule is COc1cccc(S(=O)CCC2OCCCO2)c1. The number of hydrogen-bond donors (Lipinski definition) is 0. The predicted octanol–water partition coefficient (Wildman–Crippen LogP) is 1.96. The Morgan fingerprint density at radius 2 is 2.17 bits per heavy atom. The van der Waals surface area contributed by atoms with Crippen molar-refractivity contribution >= 4 is 10.8 Å². The fourth-order valence-electron chi connectivity index (χ4n) is 1.77. The quantitative estimate of drug-likeness (QED) is 0.820. The molecule has 1 unspecified atom stereocenters. The maximum absolute atomic E-state index is 12.1. The van der Waals surface area contributed by atoms with E-state index in [1.807, 2.05) is 18.2 Å². The van der Waals surface area contributed by atoms with Crippen LogP contribution in [0.4, 0.5) is 0 Å². The number of ether oxygens (including phenoxy) is 3. The average Bonchev–Trinajstić information content (AvgIpc) is 2.46. The van der Waals surface area contributed by atoms with Gasteiger partial charge in [-0.05, 0) is 24.6 Å². The summed E-state index contributed by atoms with van der Waals surface area (Å²) in [6.45, 7) is 1.47. The van der Waals surface area contributed by atoms with Crippen molar-refractivity contribution in [2.75, 3.05) is 26.1 Å². The molecule has 0 saturated carbocycles. The summed E-state index contributed by atoms with van der Waals surface area (Å²) in [6, 6.07) is 7.34. The van der Waals surface area contributed by atoms with Gasteiger partial charge in [-0.25, -0.2) is 0 Å². The summed E-state index contributed by atoms with van der Waals surface area (Å²) in [5.41, 5.74) is 0. The summed E-state index contributed by atoms with van der Waals surface area (Å²) in [5, 5.41) is 0. The van der Waals surface area contributed by atoms with Gasteiger partial charge in [0.05, 0.1) is 31.1 Å². The van der Waals surface area contributed by atoms with Crippen molar-refractivity contribution < 1.29 is 18.4 Å². The summed E-state index contributed by atoms with van der Waals surface area (Å²) in [7, 11) is 0.566. The van der Waals surface area contributed by atoms with Gasteiger partial charge in [-0.2, -0.15) is 0 Å². The molecule has 0 N–H and O–H groups in total. The molecule has 1 heterocycles. The highest BCUT2D eigenvalue weighted by Crippen LogP contribution is 2.17. The van der Waals surface area contributed by atoms with E-state index in [0.717, 1.165) is 30.3 Å². The molecule has 100 valence electrons. The minimum absolute atomic E-state index is 0.201. The van der Waals surface area contributed by atoms with Gasteiger partial charge in [0, 0.05) is 17.1 Å². The summed E-state index contributed by atoms with van der Waals surface area (Å²) in [4.78, 5) is 0.783. The number of rotatable bonds is 5. The van der Waals surface area contributed by atoms with Crippen LogP contribution in [-0.2, 0) is 20.3 Å². The first kappa shape index (κ1) is 13.5. The highest BCUT2D eigenvalue weighted by atomic mass is 32.2. The van der Waals surface area contributed by atoms with Crippen molar-refractivity contribution in [2.24, 2.45) is 0 Å². The Morgan fingerprint density at radius 3 is 2.89 bits per heavy atom. The minimum atomic E-state index is -1.04. The molecule has 4 nitrogen and oxygen atoms in total. The molecule has 1 aliphatic heterocycles. The molecule has 2 rings (SSSR count). The van der Waals surface area contributed by atoms with Crippen LogP contribution in [0.15, 0.2) is 29.2 Å². The van der Waals surface area contributed by atoms with Crippen LogP contribution in [0.25, 0.3) is 0 Å². The van der Waals surface area contributed by atoms with Gasteiger partial charge in [0.1, 0.15) is 5.75 Å². The van der Waals surface area contributed by atoms with Crippen LogP contribution in [0.3, 0.4) is 0 Å². The molecule has 1 saturated heterocycles. The Hall–Kier alpha value is -0.910. The lowest BCUT2D eigenvalue weighted by molar-refractivity contribution is -0.178. The lowest BCUT2D eigenvalue weighted by Gasteiger charge is -2.22. The molecule has 0 aromatic heterocycles. The standard InChI is InChI=1S/C13H18O4S/c1-15-11-4-2-5-12(10-11)18(14)9-6-13-16-7-3-8-17-13/h2,4-5,10,13H,3,6-9H2,1H3. The van der Waals surface area contributed by atoms with E-state index in [9.17, 15) is 4.21 Å².